The summed E-state index contributed by atoms with van der Waals surface area (Å²) in [6.45, 7) is 19.4. The van der Waals surface area contributed by atoms with E-state index in [2.05, 4.69) is 20.8 Å². The average molecular weight is 439 g/mol. The van der Waals surface area contributed by atoms with Gasteiger partial charge in [-0.15, -0.1) is 0 Å². The number of carbonyl (C=O) groups is 1. The van der Waals surface area contributed by atoms with Crippen molar-refractivity contribution in [3.05, 3.63) is 34.9 Å². The molecule has 0 aliphatic rings. The Labute approximate surface area is 182 Å². The van der Waals surface area contributed by atoms with Crippen LogP contribution in [0.2, 0.25) is 0 Å². The molecule has 1 aromatic carbocycles. The van der Waals surface area contributed by atoms with Crippen molar-refractivity contribution in [2.45, 2.75) is 85.2 Å². The SMILES string of the molecule is CCOP(=O)(OCC)C(C)(C)C(=O)C=Cc1cc(C(C)(C)C)cc(C(C)(C)C)c1O. The lowest BCUT2D eigenvalue weighted by Crippen LogP contribution is -2.32. The summed E-state index contributed by atoms with van der Waals surface area (Å²) >= 11 is 0. The first-order valence-corrected chi connectivity index (χ1v) is 12.0. The van der Waals surface area contributed by atoms with Gasteiger partial charge in [0.2, 0.25) is 0 Å². The van der Waals surface area contributed by atoms with E-state index in [0.29, 0.717) is 5.56 Å². The minimum absolute atomic E-state index is 0.126. The number of hydrogen-bond acceptors (Lipinski definition) is 5. The van der Waals surface area contributed by atoms with Crippen LogP contribution in [0.4, 0.5) is 0 Å². The van der Waals surface area contributed by atoms with Gasteiger partial charge in [-0.05, 0) is 62.3 Å². The van der Waals surface area contributed by atoms with E-state index >= 15 is 0 Å². The molecule has 0 radical (unpaired) electrons. The third-order valence-corrected chi connectivity index (χ3v) is 7.90. The Hall–Kier alpha value is -1.42. The predicted octanol–water partition coefficient (Wildman–Crippen LogP) is 6.61. The van der Waals surface area contributed by atoms with Gasteiger partial charge in [0.25, 0.3) is 0 Å². The maximum atomic E-state index is 13.2. The topological polar surface area (TPSA) is 72.8 Å². The molecule has 0 spiro atoms. The van der Waals surface area contributed by atoms with Crippen molar-refractivity contribution in [3.8, 4) is 5.75 Å². The Morgan fingerprint density at radius 3 is 1.87 bits per heavy atom. The first-order chi connectivity index (χ1) is 13.5. The van der Waals surface area contributed by atoms with Gasteiger partial charge in [-0.1, -0.05) is 47.6 Å². The molecule has 0 aliphatic carbocycles. The second kappa shape index (κ2) is 9.38. The normalized spacial score (nSPS) is 13.8. The molecule has 0 aliphatic heterocycles. The highest BCUT2D eigenvalue weighted by molar-refractivity contribution is 7.56. The first-order valence-electron chi connectivity index (χ1n) is 10.5. The molecule has 0 aromatic heterocycles. The van der Waals surface area contributed by atoms with Gasteiger partial charge < -0.3 is 14.2 Å². The third kappa shape index (κ3) is 5.84. The molecule has 5 nitrogen and oxygen atoms in total. The molecule has 0 saturated carbocycles. The van der Waals surface area contributed by atoms with Crippen LogP contribution in [0.25, 0.3) is 6.08 Å². The van der Waals surface area contributed by atoms with Gasteiger partial charge in [0.15, 0.2) is 5.78 Å². The minimum atomic E-state index is -3.65. The molecule has 1 aromatic rings. The summed E-state index contributed by atoms with van der Waals surface area (Å²) in [5.74, 6) is -0.235. The Morgan fingerprint density at radius 2 is 1.47 bits per heavy atom. The fourth-order valence-electron chi connectivity index (χ4n) is 2.99. The fraction of sp³-hybridized carbons (Fsp3) is 0.625. The third-order valence-electron chi connectivity index (χ3n) is 5.11. The minimum Gasteiger partial charge on any atom is -0.507 e. The van der Waals surface area contributed by atoms with Crippen LogP contribution < -0.4 is 0 Å². The van der Waals surface area contributed by atoms with Crippen molar-refractivity contribution in [1.82, 2.24) is 0 Å². The number of allylic oxidation sites excluding steroid dienone is 1. The molecule has 1 N–H and O–H groups in total. The van der Waals surface area contributed by atoms with Crippen LogP contribution in [0.3, 0.4) is 0 Å². The van der Waals surface area contributed by atoms with Crippen molar-refractivity contribution < 1.29 is 23.5 Å². The van der Waals surface area contributed by atoms with Crippen LogP contribution in [0.15, 0.2) is 18.2 Å². The van der Waals surface area contributed by atoms with Gasteiger partial charge >= 0.3 is 7.60 Å². The summed E-state index contributed by atoms with van der Waals surface area (Å²) in [6, 6.07) is 3.92. The van der Waals surface area contributed by atoms with E-state index < -0.39 is 12.8 Å². The van der Waals surface area contributed by atoms with Crippen molar-refractivity contribution in [2.75, 3.05) is 13.2 Å². The summed E-state index contributed by atoms with van der Waals surface area (Å²) in [5, 5.41) is 9.54. The second-order valence-electron chi connectivity index (χ2n) is 10.1. The zero-order valence-electron chi connectivity index (χ0n) is 20.3. The maximum absolute atomic E-state index is 13.2. The van der Waals surface area contributed by atoms with Crippen LogP contribution in [0.5, 0.6) is 5.75 Å². The summed E-state index contributed by atoms with van der Waals surface area (Å²) in [6.07, 6.45) is 2.95. The Morgan fingerprint density at radius 1 is 0.967 bits per heavy atom. The average Bonchev–Trinajstić information content (AvgIpc) is 2.58. The quantitative estimate of drug-likeness (QED) is 0.365. The molecule has 0 heterocycles. The van der Waals surface area contributed by atoms with Gasteiger partial charge in [-0.3, -0.25) is 9.36 Å². The van der Waals surface area contributed by atoms with Gasteiger partial charge in [0, 0.05) is 11.1 Å². The Bertz CT molecular complexity index is 828. The zero-order chi connectivity index (χ0) is 23.5. The van der Waals surface area contributed by atoms with E-state index in [0.717, 1.165) is 11.1 Å². The second-order valence-corrected chi connectivity index (χ2v) is 12.7. The van der Waals surface area contributed by atoms with E-state index in [1.54, 1.807) is 33.8 Å². The molecule has 0 saturated heterocycles. The maximum Gasteiger partial charge on any atom is 0.343 e. The standard InChI is InChI=1S/C24H39O5P/c1-11-28-30(27,29-12-2)24(9,10)20(25)14-13-17-15-18(22(3,4)5)16-19(21(17)26)23(6,7)8/h13-16,26H,11-12H2,1-10H3. The molecular weight excluding hydrogens is 399 g/mol. The molecule has 30 heavy (non-hydrogen) atoms. The van der Waals surface area contributed by atoms with Crippen molar-refractivity contribution >= 4 is 19.5 Å². The van der Waals surface area contributed by atoms with Crippen molar-refractivity contribution in [3.63, 3.8) is 0 Å². The zero-order valence-corrected chi connectivity index (χ0v) is 21.1. The van der Waals surface area contributed by atoms with Crippen LogP contribution in [0.1, 0.15) is 85.9 Å². The number of phenols is 1. The largest absolute Gasteiger partial charge is 0.507 e. The lowest BCUT2D eigenvalue weighted by Gasteiger charge is -2.30. The van der Waals surface area contributed by atoms with Crippen LogP contribution in [0, 0.1) is 0 Å². The predicted molar refractivity (Wildman–Crippen MR) is 124 cm³/mol. The van der Waals surface area contributed by atoms with Crippen LogP contribution in [-0.2, 0) is 29.2 Å². The highest BCUT2D eigenvalue weighted by Crippen LogP contribution is 2.60. The van der Waals surface area contributed by atoms with E-state index in [9.17, 15) is 14.5 Å². The van der Waals surface area contributed by atoms with Gasteiger partial charge in [-0.25, -0.2) is 0 Å². The summed E-state index contributed by atoms with van der Waals surface area (Å²) in [4.78, 5) is 13.0. The molecular formula is C24H39O5P. The number of aromatic hydroxyl groups is 1. The number of phenolic OH excluding ortho intramolecular Hbond substituents is 1. The molecule has 6 heteroatoms. The fourth-order valence-corrected chi connectivity index (χ4v) is 4.74. The number of carbonyl (C=O) groups excluding carboxylic acids is 1. The van der Waals surface area contributed by atoms with E-state index in [-0.39, 0.29) is 35.6 Å². The number of hydrogen-bond donors (Lipinski definition) is 1. The van der Waals surface area contributed by atoms with E-state index in [4.69, 9.17) is 9.05 Å². The van der Waals surface area contributed by atoms with Crippen LogP contribution >= 0.6 is 7.60 Å². The summed E-state index contributed by atoms with van der Waals surface area (Å²) in [5.41, 5.74) is 2.04. The lowest BCUT2D eigenvalue weighted by atomic mass is 9.79. The number of benzene rings is 1. The van der Waals surface area contributed by atoms with Crippen molar-refractivity contribution in [1.29, 1.82) is 0 Å². The molecule has 1 rings (SSSR count). The highest BCUT2D eigenvalue weighted by Gasteiger charge is 2.48. The smallest absolute Gasteiger partial charge is 0.343 e. The highest BCUT2D eigenvalue weighted by atomic mass is 31.2. The van der Waals surface area contributed by atoms with Crippen LogP contribution in [-0.4, -0.2) is 29.3 Å². The van der Waals surface area contributed by atoms with Gasteiger partial charge in [-0.2, -0.15) is 0 Å². The summed E-state index contributed by atoms with van der Waals surface area (Å²) < 4.78 is 24.0. The number of rotatable bonds is 8. The monoisotopic (exact) mass is 438 g/mol. The van der Waals surface area contributed by atoms with E-state index in [1.165, 1.54) is 6.08 Å². The van der Waals surface area contributed by atoms with Gasteiger partial charge in [0.05, 0.1) is 13.2 Å². The molecule has 0 unspecified atom stereocenters. The molecule has 170 valence electrons. The molecule has 0 atom stereocenters. The molecule has 0 fully saturated rings. The first kappa shape index (κ1) is 26.6. The Balaban J connectivity index is 3.47. The van der Waals surface area contributed by atoms with Crippen molar-refractivity contribution in [2.24, 2.45) is 0 Å². The van der Waals surface area contributed by atoms with E-state index in [1.807, 2.05) is 32.9 Å². The van der Waals surface area contributed by atoms with Gasteiger partial charge in [0.1, 0.15) is 10.9 Å². The molecule has 0 bridgehead atoms. The number of ketones is 1. The lowest BCUT2D eigenvalue weighted by molar-refractivity contribution is -0.116. The molecule has 0 amide bonds. The Kier molecular flexibility index (Phi) is 8.32. The summed E-state index contributed by atoms with van der Waals surface area (Å²) in [7, 11) is -3.65.